The first kappa shape index (κ1) is 13.3. The molecule has 18 heavy (non-hydrogen) atoms. The molecule has 1 saturated carbocycles. The van der Waals surface area contributed by atoms with Crippen LogP contribution in [0.3, 0.4) is 0 Å². The third-order valence-electron chi connectivity index (χ3n) is 4.26. The molecule has 0 bridgehead atoms. The highest BCUT2D eigenvalue weighted by atomic mass is 16.2. The Morgan fingerprint density at radius 2 is 2.28 bits per heavy atom. The van der Waals surface area contributed by atoms with Gasteiger partial charge >= 0.3 is 0 Å². The highest BCUT2D eigenvalue weighted by Crippen LogP contribution is 2.26. The van der Waals surface area contributed by atoms with Crippen molar-refractivity contribution in [3.05, 3.63) is 0 Å². The van der Waals surface area contributed by atoms with Crippen molar-refractivity contribution in [2.45, 2.75) is 38.6 Å². The van der Waals surface area contributed by atoms with E-state index in [0.717, 1.165) is 19.3 Å². The lowest BCUT2D eigenvalue weighted by molar-refractivity contribution is -0.129. The minimum absolute atomic E-state index is 0.0321. The molecule has 3 atom stereocenters. The van der Waals surface area contributed by atoms with Gasteiger partial charge in [-0.1, -0.05) is 6.42 Å². The Hall–Kier alpha value is -1.10. The molecule has 3 unspecified atom stereocenters. The van der Waals surface area contributed by atoms with Gasteiger partial charge in [0.1, 0.15) is 0 Å². The first-order valence-corrected chi connectivity index (χ1v) is 6.94. The van der Waals surface area contributed by atoms with Gasteiger partial charge in [-0.3, -0.25) is 9.59 Å². The fraction of sp³-hybridized carbons (Fsp3) is 0.846. The fourth-order valence-electron chi connectivity index (χ4n) is 3.06. The number of nitrogens with zero attached hydrogens (tertiary/aromatic N) is 1. The maximum atomic E-state index is 12.1. The van der Waals surface area contributed by atoms with Gasteiger partial charge in [-0.15, -0.1) is 0 Å². The Morgan fingerprint density at radius 3 is 2.89 bits per heavy atom. The fourth-order valence-corrected chi connectivity index (χ4v) is 3.06. The van der Waals surface area contributed by atoms with Crippen LogP contribution < -0.4 is 11.1 Å². The van der Waals surface area contributed by atoms with E-state index in [0.29, 0.717) is 32.0 Å². The molecule has 0 spiro atoms. The second-order valence-electron chi connectivity index (χ2n) is 5.38. The van der Waals surface area contributed by atoms with Crippen molar-refractivity contribution in [1.82, 2.24) is 10.2 Å². The Balaban J connectivity index is 1.87. The molecule has 3 N–H and O–H groups in total. The van der Waals surface area contributed by atoms with Crippen molar-refractivity contribution >= 4 is 11.8 Å². The third kappa shape index (κ3) is 2.66. The zero-order valence-corrected chi connectivity index (χ0v) is 11.0. The van der Waals surface area contributed by atoms with Crippen LogP contribution in [0, 0.1) is 11.8 Å². The van der Waals surface area contributed by atoms with Crippen LogP contribution in [0.15, 0.2) is 0 Å². The number of rotatable bonds is 4. The largest absolute Gasteiger partial charge is 0.353 e. The lowest BCUT2D eigenvalue weighted by Crippen LogP contribution is -2.43. The van der Waals surface area contributed by atoms with Crippen molar-refractivity contribution in [1.29, 1.82) is 0 Å². The van der Waals surface area contributed by atoms with Crippen LogP contribution in [0.4, 0.5) is 0 Å². The van der Waals surface area contributed by atoms with Crippen LogP contribution in [0.2, 0.25) is 0 Å². The minimum Gasteiger partial charge on any atom is -0.353 e. The summed E-state index contributed by atoms with van der Waals surface area (Å²) in [6.07, 6.45) is 3.62. The summed E-state index contributed by atoms with van der Waals surface area (Å²) < 4.78 is 0. The molecule has 2 aliphatic rings. The summed E-state index contributed by atoms with van der Waals surface area (Å²) in [6.45, 7) is 3.84. The SMILES string of the molecule is CCN1CC(C(=O)NC2CCCC2CN)CC1=O. The lowest BCUT2D eigenvalue weighted by Gasteiger charge is -2.21. The molecule has 0 radical (unpaired) electrons. The summed E-state index contributed by atoms with van der Waals surface area (Å²) in [5.41, 5.74) is 5.71. The van der Waals surface area contributed by atoms with Crippen molar-refractivity contribution in [3.63, 3.8) is 0 Å². The van der Waals surface area contributed by atoms with Gasteiger partial charge in [0, 0.05) is 25.6 Å². The summed E-state index contributed by atoms with van der Waals surface area (Å²) in [4.78, 5) is 25.5. The number of carbonyl (C=O) groups is 2. The van der Waals surface area contributed by atoms with Crippen molar-refractivity contribution in [2.24, 2.45) is 17.6 Å². The zero-order chi connectivity index (χ0) is 13.1. The van der Waals surface area contributed by atoms with Crippen LogP contribution in [0.25, 0.3) is 0 Å². The molecular weight excluding hydrogens is 230 g/mol. The lowest BCUT2D eigenvalue weighted by atomic mass is 10.0. The van der Waals surface area contributed by atoms with Crippen LogP contribution in [-0.4, -0.2) is 42.4 Å². The molecule has 102 valence electrons. The third-order valence-corrected chi connectivity index (χ3v) is 4.26. The maximum Gasteiger partial charge on any atom is 0.225 e. The van der Waals surface area contributed by atoms with Gasteiger partial charge in [-0.2, -0.15) is 0 Å². The van der Waals surface area contributed by atoms with E-state index in [-0.39, 0.29) is 23.8 Å². The Labute approximate surface area is 108 Å². The maximum absolute atomic E-state index is 12.1. The second-order valence-corrected chi connectivity index (χ2v) is 5.38. The standard InChI is InChI=1S/C13H23N3O2/c1-2-16-8-10(6-12(16)17)13(18)15-11-5-3-4-9(11)7-14/h9-11H,2-8,14H2,1H3,(H,15,18). The molecule has 2 amide bonds. The highest BCUT2D eigenvalue weighted by Gasteiger charge is 2.35. The molecule has 0 aromatic rings. The summed E-state index contributed by atoms with van der Waals surface area (Å²) >= 11 is 0. The van der Waals surface area contributed by atoms with Gasteiger partial charge in [0.2, 0.25) is 11.8 Å². The molecule has 1 aliphatic carbocycles. The smallest absolute Gasteiger partial charge is 0.225 e. The van der Waals surface area contributed by atoms with E-state index >= 15 is 0 Å². The molecule has 5 nitrogen and oxygen atoms in total. The minimum atomic E-state index is -0.170. The van der Waals surface area contributed by atoms with Crippen molar-refractivity contribution in [3.8, 4) is 0 Å². The van der Waals surface area contributed by atoms with E-state index < -0.39 is 0 Å². The quantitative estimate of drug-likeness (QED) is 0.746. The predicted molar refractivity (Wildman–Crippen MR) is 68.7 cm³/mol. The summed E-state index contributed by atoms with van der Waals surface area (Å²) in [5, 5.41) is 3.09. The molecule has 2 rings (SSSR count). The molecular formula is C13H23N3O2. The number of hydrogen-bond acceptors (Lipinski definition) is 3. The second kappa shape index (κ2) is 5.69. The molecule has 0 aromatic heterocycles. The van der Waals surface area contributed by atoms with Gasteiger partial charge in [-0.25, -0.2) is 0 Å². The van der Waals surface area contributed by atoms with Crippen LogP contribution in [-0.2, 0) is 9.59 Å². The molecule has 2 fully saturated rings. The number of carbonyl (C=O) groups excluding carboxylic acids is 2. The summed E-state index contributed by atoms with van der Waals surface area (Å²) in [6, 6.07) is 0.216. The van der Waals surface area contributed by atoms with E-state index in [4.69, 9.17) is 5.73 Å². The molecule has 0 aromatic carbocycles. The monoisotopic (exact) mass is 253 g/mol. The first-order chi connectivity index (χ1) is 8.65. The Morgan fingerprint density at radius 1 is 1.50 bits per heavy atom. The van der Waals surface area contributed by atoms with Gasteiger partial charge in [0.15, 0.2) is 0 Å². The van der Waals surface area contributed by atoms with Gasteiger partial charge in [0.05, 0.1) is 5.92 Å². The van der Waals surface area contributed by atoms with E-state index in [1.165, 1.54) is 0 Å². The average molecular weight is 253 g/mol. The number of nitrogens with two attached hydrogens (primary N) is 1. The van der Waals surface area contributed by atoms with E-state index in [2.05, 4.69) is 5.32 Å². The zero-order valence-electron chi connectivity index (χ0n) is 11.0. The number of hydrogen-bond donors (Lipinski definition) is 2. The van der Waals surface area contributed by atoms with Gasteiger partial charge in [-0.05, 0) is 32.2 Å². The number of likely N-dealkylation sites (tertiary alicyclic amines) is 1. The average Bonchev–Trinajstić information content (AvgIpc) is 2.95. The van der Waals surface area contributed by atoms with Crippen molar-refractivity contribution < 1.29 is 9.59 Å². The summed E-state index contributed by atoms with van der Waals surface area (Å²) in [5.74, 6) is 0.369. The normalized spacial score (nSPS) is 32.0. The number of nitrogens with one attached hydrogen (secondary N) is 1. The van der Waals surface area contributed by atoms with Gasteiger partial charge in [0.25, 0.3) is 0 Å². The van der Waals surface area contributed by atoms with Crippen LogP contribution in [0.1, 0.15) is 32.6 Å². The van der Waals surface area contributed by atoms with E-state index in [9.17, 15) is 9.59 Å². The predicted octanol–water partition coefficient (Wildman–Crippen LogP) is 0.0984. The van der Waals surface area contributed by atoms with E-state index in [1.807, 2.05) is 6.92 Å². The Kier molecular flexibility index (Phi) is 4.22. The summed E-state index contributed by atoms with van der Waals surface area (Å²) in [7, 11) is 0. The van der Waals surface area contributed by atoms with E-state index in [1.54, 1.807) is 4.90 Å². The van der Waals surface area contributed by atoms with Gasteiger partial charge < -0.3 is 16.0 Å². The first-order valence-electron chi connectivity index (χ1n) is 6.94. The number of amides is 2. The topological polar surface area (TPSA) is 75.4 Å². The molecule has 1 heterocycles. The molecule has 5 heteroatoms. The van der Waals surface area contributed by atoms with Crippen LogP contribution in [0.5, 0.6) is 0 Å². The highest BCUT2D eigenvalue weighted by molar-refractivity contribution is 5.89. The molecule has 1 saturated heterocycles. The molecule has 1 aliphatic heterocycles. The Bertz CT molecular complexity index is 332. The van der Waals surface area contributed by atoms with Crippen molar-refractivity contribution in [2.75, 3.05) is 19.6 Å². The van der Waals surface area contributed by atoms with Crippen LogP contribution >= 0.6 is 0 Å².